The van der Waals surface area contributed by atoms with Crippen molar-refractivity contribution in [1.29, 1.82) is 0 Å². The van der Waals surface area contributed by atoms with E-state index in [1.165, 1.54) is 25.8 Å². The zero-order valence-electron chi connectivity index (χ0n) is 12.6. The third-order valence-corrected chi connectivity index (χ3v) is 4.38. The maximum Gasteiger partial charge on any atom is 0.208 e. The Labute approximate surface area is 117 Å². The zero-order chi connectivity index (χ0) is 13.8. The predicted molar refractivity (Wildman–Crippen MR) is 79.8 cm³/mol. The highest BCUT2D eigenvalue weighted by molar-refractivity contribution is 5.79. The summed E-state index contributed by atoms with van der Waals surface area (Å²) in [6.07, 6.45) is 3.89. The molecule has 3 N–H and O–H groups in total. The van der Waals surface area contributed by atoms with Crippen molar-refractivity contribution < 1.29 is 0 Å². The molecule has 0 aromatic carbocycles. The van der Waals surface area contributed by atoms with E-state index in [-0.39, 0.29) is 0 Å². The molecule has 0 radical (unpaired) electrons. The summed E-state index contributed by atoms with van der Waals surface area (Å²) >= 11 is 0. The molecule has 0 saturated carbocycles. The number of nitrogens with one attached hydrogen (secondary N) is 1. The van der Waals surface area contributed by atoms with Gasteiger partial charge in [-0.3, -0.25) is 10.4 Å². The van der Waals surface area contributed by atoms with Gasteiger partial charge >= 0.3 is 0 Å². The van der Waals surface area contributed by atoms with Crippen LogP contribution in [0, 0.1) is 11.8 Å². The second-order valence-electron chi connectivity index (χ2n) is 6.39. The van der Waals surface area contributed by atoms with Crippen molar-refractivity contribution in [1.82, 2.24) is 15.2 Å². The normalized spacial score (nSPS) is 29.5. The Kier molecular flexibility index (Phi) is 5.05. The average molecular weight is 267 g/mol. The molecule has 0 amide bonds. The van der Waals surface area contributed by atoms with Crippen LogP contribution in [-0.4, -0.2) is 55.0 Å². The molecule has 2 rings (SSSR count). The molecule has 2 atom stereocenters. The van der Waals surface area contributed by atoms with Gasteiger partial charge < -0.3 is 9.80 Å². The minimum absolute atomic E-state index is 0.571. The Morgan fingerprint density at radius 1 is 1.37 bits per heavy atom. The van der Waals surface area contributed by atoms with Crippen molar-refractivity contribution in [3.8, 4) is 0 Å². The van der Waals surface area contributed by atoms with Crippen molar-refractivity contribution in [3.05, 3.63) is 0 Å². The maximum absolute atomic E-state index is 5.65. The van der Waals surface area contributed by atoms with Crippen LogP contribution in [0.5, 0.6) is 0 Å². The topological polar surface area (TPSA) is 56.9 Å². The molecule has 0 spiro atoms. The minimum Gasteiger partial charge on any atom is -0.342 e. The van der Waals surface area contributed by atoms with Gasteiger partial charge in [-0.25, -0.2) is 5.84 Å². The van der Waals surface area contributed by atoms with Gasteiger partial charge in [0.15, 0.2) is 0 Å². The fourth-order valence-corrected chi connectivity index (χ4v) is 3.35. The molecule has 2 fully saturated rings. The van der Waals surface area contributed by atoms with Crippen LogP contribution >= 0.6 is 0 Å². The molecule has 0 aromatic rings. The quantitative estimate of drug-likeness (QED) is 0.337. The summed E-state index contributed by atoms with van der Waals surface area (Å²) in [6.45, 7) is 8.61. The summed E-state index contributed by atoms with van der Waals surface area (Å²) in [6, 6.07) is 0.758. The Balaban J connectivity index is 1.97. The number of nitrogens with zero attached hydrogens (tertiary/aromatic N) is 3. The highest BCUT2D eigenvalue weighted by Crippen LogP contribution is 2.29. The van der Waals surface area contributed by atoms with Gasteiger partial charge in [0.25, 0.3) is 0 Å². The molecule has 19 heavy (non-hydrogen) atoms. The summed E-state index contributed by atoms with van der Waals surface area (Å²) in [5.74, 6) is 7.87. The lowest BCUT2D eigenvalue weighted by atomic mass is 9.84. The van der Waals surface area contributed by atoms with E-state index in [1.807, 2.05) is 0 Å². The van der Waals surface area contributed by atoms with E-state index < -0.39 is 0 Å². The third-order valence-electron chi connectivity index (χ3n) is 4.38. The van der Waals surface area contributed by atoms with Gasteiger partial charge in [-0.05, 0) is 44.7 Å². The molecule has 2 aliphatic rings. The van der Waals surface area contributed by atoms with Gasteiger partial charge in [-0.1, -0.05) is 13.8 Å². The number of piperidine rings is 2. The van der Waals surface area contributed by atoms with Crippen LogP contribution in [0.2, 0.25) is 0 Å². The van der Waals surface area contributed by atoms with E-state index in [2.05, 4.69) is 41.1 Å². The van der Waals surface area contributed by atoms with Crippen molar-refractivity contribution in [2.75, 3.05) is 33.2 Å². The maximum atomic E-state index is 5.65. The van der Waals surface area contributed by atoms with Crippen LogP contribution < -0.4 is 11.3 Å². The molecule has 2 saturated heterocycles. The van der Waals surface area contributed by atoms with Crippen LogP contribution in [0.1, 0.15) is 33.1 Å². The van der Waals surface area contributed by atoms with Crippen LogP contribution in [0.3, 0.4) is 0 Å². The van der Waals surface area contributed by atoms with E-state index in [1.54, 1.807) is 0 Å². The minimum atomic E-state index is 0.571. The average Bonchev–Trinajstić information content (AvgIpc) is 2.39. The predicted octanol–water partition coefficient (Wildman–Crippen LogP) is 0.878. The SMILES string of the molecule is CC(C)CN=C(NN)N1CCC2C(CCCN2C)C1. The fraction of sp³-hybridized carbons (Fsp3) is 0.929. The van der Waals surface area contributed by atoms with Gasteiger partial charge in [-0.2, -0.15) is 0 Å². The molecule has 0 aromatic heterocycles. The fourth-order valence-electron chi connectivity index (χ4n) is 3.35. The van der Waals surface area contributed by atoms with Crippen molar-refractivity contribution in [3.63, 3.8) is 0 Å². The second kappa shape index (κ2) is 6.57. The molecule has 5 nitrogen and oxygen atoms in total. The first kappa shape index (κ1) is 14.6. The lowest BCUT2D eigenvalue weighted by Gasteiger charge is -2.46. The largest absolute Gasteiger partial charge is 0.342 e. The summed E-state index contributed by atoms with van der Waals surface area (Å²) in [4.78, 5) is 9.48. The Morgan fingerprint density at radius 2 is 2.16 bits per heavy atom. The van der Waals surface area contributed by atoms with Gasteiger partial charge in [0.2, 0.25) is 5.96 Å². The zero-order valence-corrected chi connectivity index (χ0v) is 12.6. The Hall–Kier alpha value is -0.810. The van der Waals surface area contributed by atoms with Crippen molar-refractivity contribution in [2.24, 2.45) is 22.7 Å². The van der Waals surface area contributed by atoms with Crippen LogP contribution in [0.15, 0.2) is 4.99 Å². The van der Waals surface area contributed by atoms with Gasteiger partial charge in [0.05, 0.1) is 0 Å². The highest BCUT2D eigenvalue weighted by atomic mass is 15.4. The number of rotatable bonds is 2. The third kappa shape index (κ3) is 3.60. The summed E-state index contributed by atoms with van der Waals surface area (Å²) < 4.78 is 0. The first-order valence-electron chi connectivity index (χ1n) is 7.58. The Bertz CT molecular complexity index is 315. The van der Waals surface area contributed by atoms with Crippen molar-refractivity contribution in [2.45, 2.75) is 39.2 Å². The second-order valence-corrected chi connectivity index (χ2v) is 6.39. The number of hydrogen-bond acceptors (Lipinski definition) is 3. The van der Waals surface area contributed by atoms with E-state index in [0.717, 1.165) is 37.6 Å². The number of guanidine groups is 1. The summed E-state index contributed by atoms with van der Waals surface area (Å²) in [5.41, 5.74) is 2.80. The van der Waals surface area contributed by atoms with Crippen LogP contribution in [0.4, 0.5) is 0 Å². The van der Waals surface area contributed by atoms with E-state index in [9.17, 15) is 0 Å². The van der Waals surface area contributed by atoms with Crippen LogP contribution in [-0.2, 0) is 0 Å². The standard InChI is InChI=1S/C14H29N5/c1-11(2)9-16-14(17-15)19-8-6-13-12(10-19)5-4-7-18(13)3/h11-13H,4-10,15H2,1-3H3,(H,16,17). The lowest BCUT2D eigenvalue weighted by molar-refractivity contribution is 0.0619. The molecule has 2 heterocycles. The Morgan fingerprint density at radius 3 is 2.84 bits per heavy atom. The first-order chi connectivity index (χ1) is 9.11. The summed E-state index contributed by atoms with van der Waals surface area (Å²) in [5, 5.41) is 0. The monoisotopic (exact) mass is 267 g/mol. The molecule has 0 aliphatic carbocycles. The number of hydrazine groups is 1. The number of aliphatic imine (C=N–C) groups is 1. The number of nitrogens with two attached hydrogens (primary N) is 1. The molecule has 110 valence electrons. The first-order valence-corrected chi connectivity index (χ1v) is 7.58. The van der Waals surface area contributed by atoms with Crippen LogP contribution in [0.25, 0.3) is 0 Å². The number of hydrogen-bond donors (Lipinski definition) is 2. The van der Waals surface area contributed by atoms with E-state index >= 15 is 0 Å². The van der Waals surface area contributed by atoms with Gasteiger partial charge in [0.1, 0.15) is 0 Å². The van der Waals surface area contributed by atoms with E-state index in [4.69, 9.17) is 5.84 Å². The molecule has 2 unspecified atom stereocenters. The van der Waals surface area contributed by atoms with Gasteiger partial charge in [0, 0.05) is 25.7 Å². The summed E-state index contributed by atoms with van der Waals surface area (Å²) in [7, 11) is 2.27. The smallest absolute Gasteiger partial charge is 0.208 e. The molecule has 5 heteroatoms. The molecular formula is C14H29N5. The molecule has 0 bridgehead atoms. The highest BCUT2D eigenvalue weighted by Gasteiger charge is 2.35. The number of fused-ring (bicyclic) bond motifs is 1. The van der Waals surface area contributed by atoms with Gasteiger partial charge in [-0.15, -0.1) is 0 Å². The van der Waals surface area contributed by atoms with Crippen molar-refractivity contribution >= 4 is 5.96 Å². The molecule has 2 aliphatic heterocycles. The van der Waals surface area contributed by atoms with E-state index in [0.29, 0.717) is 5.92 Å². The number of likely N-dealkylation sites (tertiary alicyclic amines) is 2. The molecular weight excluding hydrogens is 238 g/mol. The lowest BCUT2D eigenvalue weighted by Crippen LogP contribution is -2.57.